The third kappa shape index (κ3) is 5.01. The van der Waals surface area contributed by atoms with E-state index < -0.39 is 10.0 Å². The smallest absolute Gasteiger partial charge is 0.253 e. The first-order valence-electron chi connectivity index (χ1n) is 10.8. The Hall–Kier alpha value is -1.44. The van der Waals surface area contributed by atoms with Gasteiger partial charge < -0.3 is 9.80 Å². The summed E-state index contributed by atoms with van der Waals surface area (Å²) < 4.78 is 27.3. The van der Waals surface area contributed by atoms with Crippen molar-refractivity contribution in [2.45, 2.75) is 63.4 Å². The van der Waals surface area contributed by atoms with Crippen LogP contribution in [0.3, 0.4) is 0 Å². The van der Waals surface area contributed by atoms with Crippen molar-refractivity contribution in [2.24, 2.45) is 5.92 Å². The summed E-state index contributed by atoms with van der Waals surface area (Å²) in [6.07, 6.45) is 3.74. The molecule has 0 bridgehead atoms. The van der Waals surface area contributed by atoms with Gasteiger partial charge in [-0.2, -0.15) is 4.31 Å². The van der Waals surface area contributed by atoms with Gasteiger partial charge in [0.15, 0.2) is 0 Å². The number of nitrogens with zero attached hydrogens (tertiary/aromatic N) is 3. The number of likely N-dealkylation sites (tertiary alicyclic amines) is 1. The van der Waals surface area contributed by atoms with Crippen molar-refractivity contribution >= 4 is 15.9 Å². The molecule has 2 aliphatic rings. The minimum atomic E-state index is -3.48. The predicted octanol–water partition coefficient (Wildman–Crippen LogP) is 3.05. The lowest BCUT2D eigenvalue weighted by Crippen LogP contribution is -2.47. The number of rotatable bonds is 5. The van der Waals surface area contributed by atoms with E-state index in [1.54, 1.807) is 28.6 Å². The maximum Gasteiger partial charge on any atom is 0.253 e. The summed E-state index contributed by atoms with van der Waals surface area (Å²) in [5.41, 5.74) is 0.546. The van der Waals surface area contributed by atoms with Gasteiger partial charge >= 0.3 is 0 Å². The topological polar surface area (TPSA) is 60.9 Å². The van der Waals surface area contributed by atoms with Crippen molar-refractivity contribution in [3.05, 3.63) is 29.8 Å². The Balaban J connectivity index is 1.64. The van der Waals surface area contributed by atoms with Crippen molar-refractivity contribution in [3.63, 3.8) is 0 Å². The first-order chi connectivity index (χ1) is 13.7. The molecule has 7 heteroatoms. The van der Waals surface area contributed by atoms with E-state index in [1.807, 2.05) is 11.9 Å². The molecule has 0 spiro atoms. The second-order valence-corrected chi connectivity index (χ2v) is 10.8. The average molecular weight is 422 g/mol. The zero-order valence-electron chi connectivity index (χ0n) is 18.2. The lowest BCUT2D eigenvalue weighted by molar-refractivity contribution is 0.0615. The summed E-state index contributed by atoms with van der Waals surface area (Å²) in [6, 6.07) is 7.24. The van der Waals surface area contributed by atoms with Crippen LogP contribution in [0.4, 0.5) is 0 Å². The standard InChI is InChI=1S/C22H35N3O3S/c1-17(2)24-13-11-20(12-14-24)23(4)22(26)19-5-7-21(8-6-19)29(27,28)25-15-9-18(3)10-16-25/h5-8,17-18,20H,9-16H2,1-4H3. The van der Waals surface area contributed by atoms with Crippen LogP contribution in [0.2, 0.25) is 0 Å². The molecule has 1 amide bonds. The summed E-state index contributed by atoms with van der Waals surface area (Å²) >= 11 is 0. The van der Waals surface area contributed by atoms with Crippen molar-refractivity contribution in [3.8, 4) is 0 Å². The number of piperidine rings is 2. The fourth-order valence-corrected chi connectivity index (χ4v) is 5.77. The van der Waals surface area contributed by atoms with Gasteiger partial charge in [0.25, 0.3) is 5.91 Å². The largest absolute Gasteiger partial charge is 0.339 e. The molecule has 0 aliphatic carbocycles. The average Bonchev–Trinajstić information content (AvgIpc) is 2.73. The second-order valence-electron chi connectivity index (χ2n) is 8.89. The number of amides is 1. The van der Waals surface area contributed by atoms with Gasteiger partial charge in [0.05, 0.1) is 4.90 Å². The zero-order chi connectivity index (χ0) is 21.2. The number of benzene rings is 1. The fourth-order valence-electron chi connectivity index (χ4n) is 4.30. The van der Waals surface area contributed by atoms with Gasteiger partial charge in [-0.15, -0.1) is 0 Å². The van der Waals surface area contributed by atoms with Crippen molar-refractivity contribution < 1.29 is 13.2 Å². The summed E-state index contributed by atoms with van der Waals surface area (Å²) in [7, 11) is -1.62. The van der Waals surface area contributed by atoms with E-state index in [4.69, 9.17) is 0 Å². The molecule has 2 heterocycles. The summed E-state index contributed by atoms with van der Waals surface area (Å²) in [5.74, 6) is 0.535. The van der Waals surface area contributed by atoms with Crippen LogP contribution in [0.5, 0.6) is 0 Å². The van der Waals surface area contributed by atoms with E-state index in [0.29, 0.717) is 30.6 Å². The van der Waals surface area contributed by atoms with Gasteiger partial charge in [0.1, 0.15) is 0 Å². The Labute approximate surface area is 175 Å². The highest BCUT2D eigenvalue weighted by Crippen LogP contribution is 2.24. The van der Waals surface area contributed by atoms with Crippen molar-refractivity contribution in [1.29, 1.82) is 0 Å². The van der Waals surface area contributed by atoms with Gasteiger partial charge in [0.2, 0.25) is 10.0 Å². The van der Waals surface area contributed by atoms with E-state index in [-0.39, 0.29) is 16.8 Å². The van der Waals surface area contributed by atoms with E-state index >= 15 is 0 Å². The van der Waals surface area contributed by atoms with Gasteiger partial charge in [-0.3, -0.25) is 4.79 Å². The molecule has 3 rings (SSSR count). The summed E-state index contributed by atoms with van der Waals surface area (Å²) in [4.78, 5) is 17.5. The van der Waals surface area contributed by atoms with Crippen molar-refractivity contribution in [2.75, 3.05) is 33.2 Å². The van der Waals surface area contributed by atoms with E-state index in [1.165, 1.54) is 0 Å². The van der Waals surface area contributed by atoms with Crippen molar-refractivity contribution in [1.82, 2.24) is 14.1 Å². The Morgan fingerprint density at radius 3 is 2.07 bits per heavy atom. The first-order valence-corrected chi connectivity index (χ1v) is 12.3. The van der Waals surface area contributed by atoms with Crippen LogP contribution in [-0.2, 0) is 10.0 Å². The molecule has 2 aliphatic heterocycles. The molecule has 2 saturated heterocycles. The Morgan fingerprint density at radius 2 is 1.55 bits per heavy atom. The van der Waals surface area contributed by atoms with Crippen LogP contribution in [-0.4, -0.2) is 73.7 Å². The third-order valence-electron chi connectivity index (χ3n) is 6.58. The quantitative estimate of drug-likeness (QED) is 0.733. The SMILES string of the molecule is CC1CCN(S(=O)(=O)c2ccc(C(=O)N(C)C3CCN(C(C)C)CC3)cc2)CC1. The molecule has 1 aromatic rings. The number of hydrogen-bond acceptors (Lipinski definition) is 4. The molecule has 0 saturated carbocycles. The van der Waals surface area contributed by atoms with Crippen LogP contribution in [0.15, 0.2) is 29.2 Å². The summed E-state index contributed by atoms with van der Waals surface area (Å²) in [5, 5.41) is 0. The third-order valence-corrected chi connectivity index (χ3v) is 8.49. The van der Waals surface area contributed by atoms with Gasteiger partial charge in [-0.05, 0) is 69.7 Å². The highest BCUT2D eigenvalue weighted by atomic mass is 32.2. The normalized spacial score (nSPS) is 20.9. The molecular formula is C22H35N3O3S. The van der Waals surface area contributed by atoms with Gasteiger partial charge in [-0.1, -0.05) is 6.92 Å². The highest BCUT2D eigenvalue weighted by Gasteiger charge is 2.29. The highest BCUT2D eigenvalue weighted by molar-refractivity contribution is 7.89. The first kappa shape index (κ1) is 22.2. The van der Waals surface area contributed by atoms with Crippen LogP contribution in [0, 0.1) is 5.92 Å². The van der Waals surface area contributed by atoms with E-state index in [9.17, 15) is 13.2 Å². The Morgan fingerprint density at radius 1 is 1.00 bits per heavy atom. The maximum absolute atomic E-state index is 12.9. The molecule has 0 N–H and O–H groups in total. The van der Waals surface area contributed by atoms with Crippen LogP contribution >= 0.6 is 0 Å². The molecule has 1 aromatic carbocycles. The minimum absolute atomic E-state index is 0.0382. The molecular weight excluding hydrogens is 386 g/mol. The van der Waals surface area contributed by atoms with Crippen LogP contribution < -0.4 is 0 Å². The van der Waals surface area contributed by atoms with E-state index in [0.717, 1.165) is 38.8 Å². The summed E-state index contributed by atoms with van der Waals surface area (Å²) in [6.45, 7) is 9.72. The van der Waals surface area contributed by atoms with Gasteiger partial charge in [0, 0.05) is 50.9 Å². The number of hydrogen-bond donors (Lipinski definition) is 0. The Bertz CT molecular complexity index is 791. The van der Waals surface area contributed by atoms with Gasteiger partial charge in [-0.25, -0.2) is 8.42 Å². The van der Waals surface area contributed by atoms with E-state index in [2.05, 4.69) is 25.7 Å². The molecule has 6 nitrogen and oxygen atoms in total. The molecule has 2 fully saturated rings. The molecule has 0 atom stereocenters. The van der Waals surface area contributed by atoms with Crippen LogP contribution in [0.1, 0.15) is 56.8 Å². The lowest BCUT2D eigenvalue weighted by Gasteiger charge is -2.38. The molecule has 162 valence electrons. The number of sulfonamides is 1. The van der Waals surface area contributed by atoms with Crippen LogP contribution in [0.25, 0.3) is 0 Å². The monoisotopic (exact) mass is 421 g/mol. The second kappa shape index (κ2) is 9.14. The number of carbonyl (C=O) groups is 1. The molecule has 29 heavy (non-hydrogen) atoms. The zero-order valence-corrected chi connectivity index (χ0v) is 19.0. The fraction of sp³-hybridized carbons (Fsp3) is 0.682. The molecule has 0 aromatic heterocycles. The lowest BCUT2D eigenvalue weighted by atomic mass is 10.0. The maximum atomic E-state index is 12.9. The molecule has 0 radical (unpaired) electrons. The Kier molecular flexibility index (Phi) is 7.02. The molecule has 0 unspecified atom stereocenters. The predicted molar refractivity (Wildman–Crippen MR) is 115 cm³/mol. The number of carbonyl (C=O) groups excluding carboxylic acids is 1. The minimum Gasteiger partial charge on any atom is -0.339 e.